The third kappa shape index (κ3) is 3.09. The fraction of sp³-hybridized carbons (Fsp3) is 0.667. The standard InChI is InChI=1S/C18H26O3S/c1-22(20,21)17-9-7-15(8-10-17)18(13-19)12-16(18)11-14-5-3-2-4-6-14/h7-10,14,16,19H,2-6,11-13H2,1H3. The fourth-order valence-electron chi connectivity index (χ4n) is 4.19. The number of aliphatic hydroxyl groups excluding tert-OH is 1. The summed E-state index contributed by atoms with van der Waals surface area (Å²) in [5.74, 6) is 1.38. The van der Waals surface area contributed by atoms with E-state index in [4.69, 9.17) is 0 Å². The zero-order valence-electron chi connectivity index (χ0n) is 13.3. The van der Waals surface area contributed by atoms with Crippen molar-refractivity contribution in [3.8, 4) is 0 Å². The minimum atomic E-state index is -3.15. The molecule has 1 N–H and O–H groups in total. The van der Waals surface area contributed by atoms with Crippen LogP contribution < -0.4 is 0 Å². The number of sulfone groups is 1. The number of rotatable bonds is 5. The third-order valence-electron chi connectivity index (χ3n) is 5.71. The second kappa shape index (κ2) is 5.97. The lowest BCUT2D eigenvalue weighted by molar-refractivity contribution is 0.233. The zero-order chi connectivity index (χ0) is 15.8. The van der Waals surface area contributed by atoms with E-state index < -0.39 is 9.84 Å². The Kier molecular flexibility index (Phi) is 4.34. The second-order valence-corrected chi connectivity index (χ2v) is 9.27. The van der Waals surface area contributed by atoms with E-state index >= 15 is 0 Å². The van der Waals surface area contributed by atoms with E-state index in [0.29, 0.717) is 10.8 Å². The molecule has 2 saturated carbocycles. The first-order chi connectivity index (χ1) is 10.5. The SMILES string of the molecule is CS(=O)(=O)c1ccc(C2(CO)CC2CC2CCCCC2)cc1. The Bertz CT molecular complexity index is 614. The van der Waals surface area contributed by atoms with Crippen molar-refractivity contribution in [3.05, 3.63) is 29.8 Å². The molecule has 3 rings (SSSR count). The van der Waals surface area contributed by atoms with Crippen LogP contribution >= 0.6 is 0 Å². The molecule has 0 amide bonds. The van der Waals surface area contributed by atoms with Crippen LogP contribution in [0.1, 0.15) is 50.5 Å². The Labute approximate surface area is 133 Å². The molecular formula is C18H26O3S. The maximum absolute atomic E-state index is 11.6. The highest BCUT2D eigenvalue weighted by molar-refractivity contribution is 7.90. The molecule has 0 heterocycles. The molecule has 2 aliphatic rings. The van der Waals surface area contributed by atoms with Crippen LogP contribution in [0.3, 0.4) is 0 Å². The molecule has 1 aromatic rings. The molecule has 0 aromatic heterocycles. The molecule has 2 aliphatic carbocycles. The average Bonchev–Trinajstić information content (AvgIpc) is 3.22. The van der Waals surface area contributed by atoms with Gasteiger partial charge in [-0.3, -0.25) is 0 Å². The normalized spacial score (nSPS) is 29.5. The average molecular weight is 322 g/mol. The van der Waals surface area contributed by atoms with Gasteiger partial charge in [0, 0.05) is 11.7 Å². The van der Waals surface area contributed by atoms with Crippen molar-refractivity contribution in [3.63, 3.8) is 0 Å². The number of benzene rings is 1. The first-order valence-corrected chi connectivity index (χ1v) is 10.3. The second-order valence-electron chi connectivity index (χ2n) is 7.25. The summed E-state index contributed by atoms with van der Waals surface area (Å²) in [7, 11) is -3.15. The Hall–Kier alpha value is -0.870. The van der Waals surface area contributed by atoms with E-state index in [9.17, 15) is 13.5 Å². The Balaban J connectivity index is 1.72. The lowest BCUT2D eigenvalue weighted by Crippen LogP contribution is -2.18. The van der Waals surface area contributed by atoms with Crippen LogP contribution in [-0.4, -0.2) is 26.4 Å². The van der Waals surface area contributed by atoms with Gasteiger partial charge >= 0.3 is 0 Å². The summed E-state index contributed by atoms with van der Waals surface area (Å²) in [6.07, 6.45) is 10.2. The van der Waals surface area contributed by atoms with Gasteiger partial charge in [0.05, 0.1) is 11.5 Å². The van der Waals surface area contributed by atoms with Gasteiger partial charge in [-0.15, -0.1) is 0 Å². The predicted octanol–water partition coefficient (Wildman–Crippen LogP) is 3.31. The van der Waals surface area contributed by atoms with Crippen LogP contribution in [0.5, 0.6) is 0 Å². The molecular weight excluding hydrogens is 296 g/mol. The number of hydrogen-bond donors (Lipinski definition) is 1. The predicted molar refractivity (Wildman–Crippen MR) is 87.6 cm³/mol. The van der Waals surface area contributed by atoms with Gasteiger partial charge in [-0.1, -0.05) is 44.2 Å². The van der Waals surface area contributed by atoms with Crippen molar-refractivity contribution in [1.82, 2.24) is 0 Å². The monoisotopic (exact) mass is 322 g/mol. The molecule has 122 valence electrons. The van der Waals surface area contributed by atoms with E-state index in [0.717, 1.165) is 17.9 Å². The quantitative estimate of drug-likeness (QED) is 0.905. The highest BCUT2D eigenvalue weighted by Gasteiger charge is 2.54. The van der Waals surface area contributed by atoms with Crippen LogP contribution in [0.25, 0.3) is 0 Å². The fourth-order valence-corrected chi connectivity index (χ4v) is 4.82. The maximum Gasteiger partial charge on any atom is 0.175 e. The van der Waals surface area contributed by atoms with Crippen molar-refractivity contribution in [2.75, 3.05) is 12.9 Å². The van der Waals surface area contributed by atoms with Crippen molar-refractivity contribution in [1.29, 1.82) is 0 Å². The molecule has 0 saturated heterocycles. The summed E-state index contributed by atoms with van der Waals surface area (Å²) >= 11 is 0. The van der Waals surface area contributed by atoms with Crippen LogP contribution in [-0.2, 0) is 15.3 Å². The third-order valence-corrected chi connectivity index (χ3v) is 6.84. The Morgan fingerprint density at radius 3 is 2.32 bits per heavy atom. The summed E-state index contributed by atoms with van der Waals surface area (Å²) in [5, 5.41) is 9.92. The van der Waals surface area contributed by atoms with Crippen molar-refractivity contribution < 1.29 is 13.5 Å². The van der Waals surface area contributed by atoms with Gasteiger partial charge in [0.25, 0.3) is 0 Å². The summed E-state index contributed by atoms with van der Waals surface area (Å²) in [6, 6.07) is 7.15. The highest BCUT2D eigenvalue weighted by Crippen LogP contribution is 2.57. The minimum Gasteiger partial charge on any atom is -0.395 e. The Morgan fingerprint density at radius 2 is 1.77 bits per heavy atom. The Morgan fingerprint density at radius 1 is 1.14 bits per heavy atom. The molecule has 2 unspecified atom stereocenters. The summed E-state index contributed by atoms with van der Waals surface area (Å²) in [4.78, 5) is 0.355. The summed E-state index contributed by atoms with van der Waals surface area (Å²) in [6.45, 7) is 0.169. The van der Waals surface area contributed by atoms with Gasteiger partial charge < -0.3 is 5.11 Å². The number of aliphatic hydroxyl groups is 1. The van der Waals surface area contributed by atoms with Crippen LogP contribution in [0.2, 0.25) is 0 Å². The first-order valence-electron chi connectivity index (χ1n) is 8.37. The van der Waals surface area contributed by atoms with Crippen molar-refractivity contribution in [2.24, 2.45) is 11.8 Å². The van der Waals surface area contributed by atoms with Crippen LogP contribution in [0, 0.1) is 11.8 Å². The summed E-state index contributed by atoms with van der Waals surface area (Å²) < 4.78 is 23.1. The molecule has 0 radical (unpaired) electrons. The molecule has 0 bridgehead atoms. The van der Waals surface area contributed by atoms with Crippen LogP contribution in [0.15, 0.2) is 29.2 Å². The molecule has 2 atom stereocenters. The van der Waals surface area contributed by atoms with E-state index in [2.05, 4.69) is 0 Å². The van der Waals surface area contributed by atoms with Gasteiger partial charge in [0.1, 0.15) is 0 Å². The summed E-state index contributed by atoms with van der Waals surface area (Å²) in [5.41, 5.74) is 0.983. The maximum atomic E-state index is 11.6. The van der Waals surface area contributed by atoms with Gasteiger partial charge in [0.2, 0.25) is 0 Å². The van der Waals surface area contributed by atoms with Gasteiger partial charge in [-0.05, 0) is 42.4 Å². The molecule has 0 spiro atoms. The molecule has 2 fully saturated rings. The highest BCUT2D eigenvalue weighted by atomic mass is 32.2. The molecule has 22 heavy (non-hydrogen) atoms. The van der Waals surface area contributed by atoms with Gasteiger partial charge in [-0.2, -0.15) is 0 Å². The van der Waals surface area contributed by atoms with E-state index in [1.807, 2.05) is 12.1 Å². The van der Waals surface area contributed by atoms with Gasteiger partial charge in [0.15, 0.2) is 9.84 Å². The van der Waals surface area contributed by atoms with E-state index in [1.165, 1.54) is 44.8 Å². The first kappa shape index (κ1) is 16.0. The zero-order valence-corrected chi connectivity index (χ0v) is 14.1. The van der Waals surface area contributed by atoms with E-state index in [-0.39, 0.29) is 12.0 Å². The molecule has 3 nitrogen and oxygen atoms in total. The molecule has 1 aromatic carbocycles. The molecule has 4 heteroatoms. The number of hydrogen-bond acceptors (Lipinski definition) is 3. The molecule has 0 aliphatic heterocycles. The van der Waals surface area contributed by atoms with Crippen molar-refractivity contribution in [2.45, 2.75) is 55.3 Å². The largest absolute Gasteiger partial charge is 0.395 e. The van der Waals surface area contributed by atoms with E-state index in [1.54, 1.807) is 12.1 Å². The van der Waals surface area contributed by atoms with Crippen molar-refractivity contribution >= 4 is 9.84 Å². The van der Waals surface area contributed by atoms with Gasteiger partial charge in [-0.25, -0.2) is 8.42 Å². The topological polar surface area (TPSA) is 54.4 Å². The lowest BCUT2D eigenvalue weighted by Gasteiger charge is -2.23. The minimum absolute atomic E-state index is 0.118. The van der Waals surface area contributed by atoms with Crippen LogP contribution in [0.4, 0.5) is 0 Å². The lowest BCUT2D eigenvalue weighted by atomic mass is 9.83. The smallest absolute Gasteiger partial charge is 0.175 e.